The summed E-state index contributed by atoms with van der Waals surface area (Å²) in [5.41, 5.74) is 3.54. The number of anilines is 1. The number of aryl methyl sites for hydroxylation is 2. The van der Waals surface area contributed by atoms with Crippen LogP contribution >= 0.6 is 23.2 Å². The van der Waals surface area contributed by atoms with Gasteiger partial charge in [0.25, 0.3) is 10.0 Å². The van der Waals surface area contributed by atoms with E-state index in [1.54, 1.807) is 54.6 Å². The summed E-state index contributed by atoms with van der Waals surface area (Å²) >= 11 is 12.8. The summed E-state index contributed by atoms with van der Waals surface area (Å²) in [5, 5.41) is 3.97. The predicted octanol–water partition coefficient (Wildman–Crippen LogP) is 7.76. The van der Waals surface area contributed by atoms with Gasteiger partial charge < -0.3 is 10.2 Å². The van der Waals surface area contributed by atoms with E-state index in [1.807, 2.05) is 56.3 Å². The zero-order chi connectivity index (χ0) is 34.3. The molecule has 0 radical (unpaired) electrons. The number of nitrogens with zero attached hydrogens (tertiary/aromatic N) is 2. The van der Waals surface area contributed by atoms with Crippen LogP contribution in [0.1, 0.15) is 54.9 Å². The van der Waals surface area contributed by atoms with Crippen molar-refractivity contribution in [3.8, 4) is 0 Å². The van der Waals surface area contributed by atoms with Gasteiger partial charge in [-0.05, 0) is 73.2 Å². The van der Waals surface area contributed by atoms with Gasteiger partial charge in [0.15, 0.2) is 0 Å². The fraction of sp³-hybridized carbons (Fsp3) is 0.316. The van der Waals surface area contributed by atoms with Gasteiger partial charge in [-0.25, -0.2) is 8.42 Å². The lowest BCUT2D eigenvalue weighted by atomic mass is 10.0. The molecule has 252 valence electrons. The summed E-state index contributed by atoms with van der Waals surface area (Å²) in [6.45, 7) is 3.27. The molecule has 1 N–H and O–H groups in total. The van der Waals surface area contributed by atoms with E-state index in [-0.39, 0.29) is 29.8 Å². The quantitative estimate of drug-likeness (QED) is 0.154. The first-order valence-electron chi connectivity index (χ1n) is 16.3. The minimum Gasteiger partial charge on any atom is -0.352 e. The number of sulfonamides is 1. The summed E-state index contributed by atoms with van der Waals surface area (Å²) in [5.74, 6) is -0.823. The third-order valence-corrected chi connectivity index (χ3v) is 11.2. The van der Waals surface area contributed by atoms with Gasteiger partial charge in [-0.3, -0.25) is 13.9 Å². The lowest BCUT2D eigenvalue weighted by Gasteiger charge is -2.35. The molecule has 0 aliphatic heterocycles. The van der Waals surface area contributed by atoms with E-state index in [4.69, 9.17) is 23.2 Å². The van der Waals surface area contributed by atoms with Gasteiger partial charge in [0.2, 0.25) is 11.8 Å². The zero-order valence-electron chi connectivity index (χ0n) is 27.2. The van der Waals surface area contributed by atoms with Crippen LogP contribution < -0.4 is 9.62 Å². The molecule has 0 saturated heterocycles. The Morgan fingerprint density at radius 3 is 2.21 bits per heavy atom. The molecule has 0 heterocycles. The van der Waals surface area contributed by atoms with Crippen LogP contribution in [0.15, 0.2) is 102 Å². The first-order chi connectivity index (χ1) is 23.1. The van der Waals surface area contributed by atoms with Gasteiger partial charge >= 0.3 is 0 Å². The van der Waals surface area contributed by atoms with Gasteiger partial charge in [-0.15, -0.1) is 0 Å². The fourth-order valence-electron chi connectivity index (χ4n) is 6.16. The van der Waals surface area contributed by atoms with E-state index in [2.05, 4.69) is 5.32 Å². The fourth-order valence-corrected chi connectivity index (χ4v) is 8.08. The normalized spacial score (nSPS) is 14.0. The molecule has 1 saturated carbocycles. The Kier molecular flexibility index (Phi) is 11.8. The van der Waals surface area contributed by atoms with E-state index < -0.39 is 28.5 Å². The maximum atomic E-state index is 14.8. The van der Waals surface area contributed by atoms with Crippen molar-refractivity contribution < 1.29 is 18.0 Å². The van der Waals surface area contributed by atoms with Crippen molar-refractivity contribution >= 4 is 50.7 Å². The lowest BCUT2D eigenvalue weighted by molar-refractivity contribution is -0.140. The Bertz CT molecular complexity index is 1830. The minimum atomic E-state index is -4.20. The van der Waals surface area contributed by atoms with Crippen LogP contribution in [0, 0.1) is 6.92 Å². The number of rotatable bonds is 13. The van der Waals surface area contributed by atoms with Crippen molar-refractivity contribution in [2.75, 3.05) is 10.8 Å². The number of hydrogen-bond donors (Lipinski definition) is 1. The Hall–Kier alpha value is -3.85. The zero-order valence-corrected chi connectivity index (χ0v) is 29.6. The molecule has 48 heavy (non-hydrogen) atoms. The van der Waals surface area contributed by atoms with E-state index in [0.29, 0.717) is 27.7 Å². The first-order valence-corrected chi connectivity index (χ1v) is 18.5. The number of halogens is 2. The highest BCUT2D eigenvalue weighted by molar-refractivity contribution is 7.92. The van der Waals surface area contributed by atoms with E-state index >= 15 is 0 Å². The average molecular weight is 707 g/mol. The summed E-state index contributed by atoms with van der Waals surface area (Å²) in [7, 11) is -4.20. The second kappa shape index (κ2) is 16.0. The molecule has 1 aliphatic carbocycles. The molecule has 1 atom stereocenters. The summed E-state index contributed by atoms with van der Waals surface area (Å²) < 4.78 is 29.9. The number of para-hydroxylation sites is 1. The summed E-state index contributed by atoms with van der Waals surface area (Å²) in [6, 6.07) is 27.3. The molecule has 0 aromatic heterocycles. The Morgan fingerprint density at radius 1 is 0.875 bits per heavy atom. The van der Waals surface area contributed by atoms with Gasteiger partial charge in [-0.1, -0.05) is 115 Å². The molecule has 0 spiro atoms. The second-order valence-electron chi connectivity index (χ2n) is 12.3. The van der Waals surface area contributed by atoms with Gasteiger partial charge in [0.1, 0.15) is 12.6 Å². The highest BCUT2D eigenvalue weighted by atomic mass is 35.5. The predicted molar refractivity (Wildman–Crippen MR) is 193 cm³/mol. The van der Waals surface area contributed by atoms with Crippen molar-refractivity contribution in [3.63, 3.8) is 0 Å². The maximum absolute atomic E-state index is 14.8. The van der Waals surface area contributed by atoms with Crippen LogP contribution in [0.3, 0.4) is 0 Å². The molecule has 2 amide bonds. The van der Waals surface area contributed by atoms with Crippen LogP contribution in [0.25, 0.3) is 0 Å². The Labute approximate surface area is 293 Å². The van der Waals surface area contributed by atoms with E-state index in [9.17, 15) is 18.0 Å². The molecule has 4 aromatic rings. The third kappa shape index (κ3) is 8.59. The van der Waals surface area contributed by atoms with Gasteiger partial charge in [0.05, 0.1) is 10.6 Å². The molecule has 1 unspecified atom stereocenters. The van der Waals surface area contributed by atoms with Gasteiger partial charge in [-0.2, -0.15) is 0 Å². The molecule has 4 aromatic carbocycles. The SMILES string of the molecule is CCc1ccccc1N(CC(=O)N(Cc1ccc(Cl)cc1Cl)C(Cc1ccccc1)C(=O)NC1CCCC1)S(=O)(=O)c1ccc(C)cc1. The molecule has 5 rings (SSSR count). The highest BCUT2D eigenvalue weighted by Crippen LogP contribution is 2.30. The van der Waals surface area contributed by atoms with Crippen molar-refractivity contribution in [2.45, 2.75) is 75.9 Å². The van der Waals surface area contributed by atoms with E-state index in [1.165, 1.54) is 9.21 Å². The van der Waals surface area contributed by atoms with Crippen LogP contribution in [0.5, 0.6) is 0 Å². The first kappa shape index (κ1) is 35.5. The average Bonchev–Trinajstić information content (AvgIpc) is 3.59. The number of hydrogen-bond acceptors (Lipinski definition) is 4. The van der Waals surface area contributed by atoms with Crippen molar-refractivity contribution in [2.24, 2.45) is 0 Å². The molecule has 10 heteroatoms. The second-order valence-corrected chi connectivity index (χ2v) is 15.0. The number of nitrogens with one attached hydrogen (secondary N) is 1. The van der Waals surface area contributed by atoms with Crippen LogP contribution in [0.4, 0.5) is 5.69 Å². The smallest absolute Gasteiger partial charge is 0.264 e. The van der Waals surface area contributed by atoms with Crippen LogP contribution in [-0.2, 0) is 39.0 Å². The topological polar surface area (TPSA) is 86.8 Å². The monoisotopic (exact) mass is 705 g/mol. The molecule has 7 nitrogen and oxygen atoms in total. The van der Waals surface area contributed by atoms with E-state index in [0.717, 1.165) is 42.4 Å². The van der Waals surface area contributed by atoms with Crippen LogP contribution in [-0.4, -0.2) is 43.8 Å². The van der Waals surface area contributed by atoms with Crippen molar-refractivity contribution in [3.05, 3.63) is 129 Å². The number of amides is 2. The Balaban J connectivity index is 1.60. The Morgan fingerprint density at radius 2 is 1.54 bits per heavy atom. The summed E-state index contributed by atoms with van der Waals surface area (Å²) in [4.78, 5) is 30.5. The number of carbonyl (C=O) groups is 2. The molecule has 1 aliphatic rings. The highest BCUT2D eigenvalue weighted by Gasteiger charge is 2.36. The number of carbonyl (C=O) groups excluding carboxylic acids is 2. The molecule has 0 bridgehead atoms. The maximum Gasteiger partial charge on any atom is 0.264 e. The van der Waals surface area contributed by atoms with Gasteiger partial charge in [0, 0.05) is 29.1 Å². The molecular formula is C38H41Cl2N3O4S. The molecule has 1 fully saturated rings. The van der Waals surface area contributed by atoms with Crippen molar-refractivity contribution in [1.29, 1.82) is 0 Å². The summed E-state index contributed by atoms with van der Waals surface area (Å²) in [6.07, 6.45) is 4.58. The standard InChI is InChI=1S/C38H41Cl2N3O4S/c1-3-29-13-7-10-16-35(29)43(48(46,47)33-21-17-27(2)18-22-33)26-37(44)42(25-30-19-20-31(39)24-34(30)40)36(23-28-11-5-4-6-12-28)38(45)41-32-14-8-9-15-32/h4-7,10-13,16-22,24,32,36H,3,8-9,14-15,23,25-26H2,1-2H3,(H,41,45). The third-order valence-electron chi connectivity index (χ3n) is 8.86. The molecular weight excluding hydrogens is 665 g/mol. The van der Waals surface area contributed by atoms with Crippen molar-refractivity contribution in [1.82, 2.24) is 10.2 Å². The minimum absolute atomic E-state index is 0.0155. The lowest BCUT2D eigenvalue weighted by Crippen LogP contribution is -2.54. The van der Waals surface area contributed by atoms with Crippen LogP contribution in [0.2, 0.25) is 10.0 Å². The number of benzene rings is 4. The largest absolute Gasteiger partial charge is 0.352 e.